The van der Waals surface area contributed by atoms with Crippen LogP contribution in [0.3, 0.4) is 0 Å². The average Bonchev–Trinajstić information content (AvgIpc) is 3.00. The van der Waals surface area contributed by atoms with Gasteiger partial charge in [-0.1, -0.05) is 6.07 Å². The van der Waals surface area contributed by atoms with Gasteiger partial charge in [0.2, 0.25) is 0 Å². The Bertz CT molecular complexity index is 709. The van der Waals surface area contributed by atoms with Gasteiger partial charge >= 0.3 is 0 Å². The zero-order valence-corrected chi connectivity index (χ0v) is 13.6. The standard InChI is InChI=1S/C18H20F2N2O2/c1-12-17(21-11-24-12)18(23)22-9-3-4-13(10-22)7-8-14-15(19)5-2-6-16(14)20/h2,5-6,11,13H,3-4,7-10H2,1H3/t13-/m1/s1. The minimum Gasteiger partial charge on any atom is -0.448 e. The molecular formula is C18H20F2N2O2. The third-order valence-corrected chi connectivity index (χ3v) is 4.62. The molecule has 0 aliphatic carbocycles. The van der Waals surface area contributed by atoms with Crippen LogP contribution < -0.4 is 0 Å². The minimum atomic E-state index is -0.503. The fourth-order valence-electron chi connectivity index (χ4n) is 3.27. The van der Waals surface area contributed by atoms with Gasteiger partial charge in [-0.15, -0.1) is 0 Å². The summed E-state index contributed by atoms with van der Waals surface area (Å²) in [6.45, 7) is 2.97. The van der Waals surface area contributed by atoms with E-state index in [0.717, 1.165) is 12.8 Å². The fraction of sp³-hybridized carbons (Fsp3) is 0.444. The molecule has 1 saturated heterocycles. The lowest BCUT2D eigenvalue weighted by Gasteiger charge is -2.32. The van der Waals surface area contributed by atoms with Crippen LogP contribution in [0.1, 0.15) is 41.1 Å². The van der Waals surface area contributed by atoms with Crippen LogP contribution in [-0.4, -0.2) is 28.9 Å². The number of hydrogen-bond donors (Lipinski definition) is 0. The number of halogens is 2. The highest BCUT2D eigenvalue weighted by Crippen LogP contribution is 2.24. The largest absolute Gasteiger partial charge is 0.448 e. The van der Waals surface area contributed by atoms with E-state index in [1.807, 2.05) is 0 Å². The van der Waals surface area contributed by atoms with Crippen molar-refractivity contribution in [1.29, 1.82) is 0 Å². The van der Waals surface area contributed by atoms with Gasteiger partial charge < -0.3 is 9.32 Å². The van der Waals surface area contributed by atoms with E-state index in [2.05, 4.69) is 4.98 Å². The molecule has 1 aliphatic rings. The summed E-state index contributed by atoms with van der Waals surface area (Å²) in [5.74, 6) is -0.401. The molecule has 1 aromatic heterocycles. The van der Waals surface area contributed by atoms with Crippen molar-refractivity contribution in [2.75, 3.05) is 13.1 Å². The van der Waals surface area contributed by atoms with Crippen LogP contribution in [0.5, 0.6) is 0 Å². The Morgan fingerprint density at radius 2 is 2.12 bits per heavy atom. The van der Waals surface area contributed by atoms with Crippen molar-refractivity contribution in [3.8, 4) is 0 Å². The van der Waals surface area contributed by atoms with E-state index in [1.165, 1.54) is 24.6 Å². The van der Waals surface area contributed by atoms with E-state index < -0.39 is 11.6 Å². The normalized spacial score (nSPS) is 18.0. The van der Waals surface area contributed by atoms with Gasteiger partial charge in [0.25, 0.3) is 5.91 Å². The molecule has 0 spiro atoms. The first-order valence-corrected chi connectivity index (χ1v) is 8.18. The minimum absolute atomic E-state index is 0.133. The molecule has 24 heavy (non-hydrogen) atoms. The third kappa shape index (κ3) is 3.47. The Morgan fingerprint density at radius 1 is 1.38 bits per heavy atom. The molecule has 6 heteroatoms. The predicted octanol–water partition coefficient (Wildman–Crippen LogP) is 3.75. The zero-order chi connectivity index (χ0) is 17.1. The summed E-state index contributed by atoms with van der Waals surface area (Å²) in [5.41, 5.74) is 0.476. The monoisotopic (exact) mass is 334 g/mol. The molecule has 1 fully saturated rings. The highest BCUT2D eigenvalue weighted by Gasteiger charge is 2.27. The first-order chi connectivity index (χ1) is 11.6. The fourth-order valence-corrected chi connectivity index (χ4v) is 3.27. The van der Waals surface area contributed by atoms with Gasteiger partial charge in [0, 0.05) is 18.7 Å². The van der Waals surface area contributed by atoms with Gasteiger partial charge in [-0.3, -0.25) is 4.79 Å². The third-order valence-electron chi connectivity index (χ3n) is 4.62. The van der Waals surface area contributed by atoms with Gasteiger partial charge in [-0.05, 0) is 50.7 Å². The van der Waals surface area contributed by atoms with Gasteiger partial charge in [0.05, 0.1) is 0 Å². The topological polar surface area (TPSA) is 46.3 Å². The van der Waals surface area contributed by atoms with E-state index >= 15 is 0 Å². The van der Waals surface area contributed by atoms with Crippen molar-refractivity contribution >= 4 is 5.91 Å². The highest BCUT2D eigenvalue weighted by atomic mass is 19.1. The maximum atomic E-state index is 13.7. The molecule has 0 saturated carbocycles. The van der Waals surface area contributed by atoms with Crippen LogP contribution in [0.4, 0.5) is 8.78 Å². The summed E-state index contributed by atoms with van der Waals surface area (Å²) in [4.78, 5) is 18.2. The van der Waals surface area contributed by atoms with Crippen molar-refractivity contribution in [3.63, 3.8) is 0 Å². The number of carbonyl (C=O) groups excluding carboxylic acids is 1. The first kappa shape index (κ1) is 16.6. The Hall–Kier alpha value is -2.24. The number of aromatic nitrogens is 1. The second kappa shape index (κ2) is 7.11. The van der Waals surface area contributed by atoms with Crippen LogP contribution in [0.2, 0.25) is 0 Å². The molecule has 1 aromatic carbocycles. The summed E-state index contributed by atoms with van der Waals surface area (Å²) < 4.78 is 32.5. The smallest absolute Gasteiger partial charge is 0.276 e. The lowest BCUT2D eigenvalue weighted by Crippen LogP contribution is -2.40. The van der Waals surface area contributed by atoms with E-state index in [9.17, 15) is 13.6 Å². The molecule has 0 unspecified atom stereocenters. The Kier molecular flexibility index (Phi) is 4.92. The molecule has 1 atom stereocenters. The second-order valence-corrected chi connectivity index (χ2v) is 6.26. The van der Waals surface area contributed by atoms with Crippen LogP contribution in [0.15, 0.2) is 29.0 Å². The lowest BCUT2D eigenvalue weighted by atomic mass is 9.91. The summed E-state index contributed by atoms with van der Waals surface area (Å²) in [6, 6.07) is 3.93. The van der Waals surface area contributed by atoms with Crippen LogP contribution in [0, 0.1) is 24.5 Å². The second-order valence-electron chi connectivity index (χ2n) is 6.26. The van der Waals surface area contributed by atoms with E-state index in [4.69, 9.17) is 4.42 Å². The number of oxazole rings is 1. The number of hydrogen-bond acceptors (Lipinski definition) is 3. The summed E-state index contributed by atoms with van der Waals surface area (Å²) in [5, 5.41) is 0. The maximum Gasteiger partial charge on any atom is 0.276 e. The molecule has 0 radical (unpaired) electrons. The number of piperidine rings is 1. The molecule has 0 bridgehead atoms. The highest BCUT2D eigenvalue weighted by molar-refractivity contribution is 5.93. The molecule has 4 nitrogen and oxygen atoms in total. The predicted molar refractivity (Wildman–Crippen MR) is 84.5 cm³/mol. The van der Waals surface area contributed by atoms with Crippen molar-refractivity contribution < 1.29 is 18.0 Å². The van der Waals surface area contributed by atoms with Gasteiger partial charge in [-0.25, -0.2) is 13.8 Å². The number of benzene rings is 1. The van der Waals surface area contributed by atoms with Crippen molar-refractivity contribution in [1.82, 2.24) is 9.88 Å². The van der Waals surface area contributed by atoms with E-state index in [-0.39, 0.29) is 17.4 Å². The van der Waals surface area contributed by atoms with Crippen LogP contribution >= 0.6 is 0 Å². The molecule has 3 rings (SSSR count). The molecule has 1 amide bonds. The Balaban J connectivity index is 1.62. The molecule has 2 heterocycles. The maximum absolute atomic E-state index is 13.7. The number of rotatable bonds is 4. The van der Waals surface area contributed by atoms with Gasteiger partial charge in [0.15, 0.2) is 12.1 Å². The van der Waals surface area contributed by atoms with Gasteiger partial charge in [0.1, 0.15) is 17.4 Å². The quantitative estimate of drug-likeness (QED) is 0.855. The van der Waals surface area contributed by atoms with Crippen molar-refractivity contribution in [2.24, 2.45) is 5.92 Å². The Morgan fingerprint density at radius 3 is 2.79 bits per heavy atom. The van der Waals surface area contributed by atoms with Crippen LogP contribution in [-0.2, 0) is 6.42 Å². The number of amides is 1. The Labute approximate surface area is 139 Å². The zero-order valence-electron chi connectivity index (χ0n) is 13.6. The number of likely N-dealkylation sites (tertiary alicyclic amines) is 1. The van der Waals surface area contributed by atoms with Crippen molar-refractivity contribution in [2.45, 2.75) is 32.6 Å². The molecule has 0 N–H and O–H groups in total. The number of aryl methyl sites for hydroxylation is 1. The summed E-state index contributed by atoms with van der Waals surface area (Å²) in [6.07, 6.45) is 4.10. The molecular weight excluding hydrogens is 314 g/mol. The number of nitrogens with zero attached hydrogens (tertiary/aromatic N) is 2. The summed E-state index contributed by atoms with van der Waals surface area (Å²) >= 11 is 0. The van der Waals surface area contributed by atoms with E-state index in [0.29, 0.717) is 37.4 Å². The average molecular weight is 334 g/mol. The van der Waals surface area contributed by atoms with Crippen molar-refractivity contribution in [3.05, 3.63) is 53.2 Å². The first-order valence-electron chi connectivity index (χ1n) is 8.18. The van der Waals surface area contributed by atoms with Crippen LogP contribution in [0.25, 0.3) is 0 Å². The summed E-state index contributed by atoms with van der Waals surface area (Å²) in [7, 11) is 0. The molecule has 128 valence electrons. The van der Waals surface area contributed by atoms with E-state index in [1.54, 1.807) is 11.8 Å². The van der Waals surface area contributed by atoms with Gasteiger partial charge in [-0.2, -0.15) is 0 Å². The lowest BCUT2D eigenvalue weighted by molar-refractivity contribution is 0.0661. The molecule has 1 aliphatic heterocycles. The number of carbonyl (C=O) groups is 1. The molecule has 2 aromatic rings. The SMILES string of the molecule is Cc1ocnc1C(=O)N1CCC[C@H](CCc2c(F)cccc2F)C1.